The van der Waals surface area contributed by atoms with Gasteiger partial charge in [-0.3, -0.25) is 15.6 Å². The molecule has 0 saturated heterocycles. The van der Waals surface area contributed by atoms with Crippen molar-refractivity contribution in [3.05, 3.63) is 52.9 Å². The van der Waals surface area contributed by atoms with E-state index in [0.29, 0.717) is 6.42 Å². The molecule has 1 aromatic heterocycles. The molecule has 2 atom stereocenters. The predicted molar refractivity (Wildman–Crippen MR) is 76.0 cm³/mol. The van der Waals surface area contributed by atoms with Gasteiger partial charge in [-0.15, -0.1) is 0 Å². The number of benzene rings is 1. The van der Waals surface area contributed by atoms with Crippen molar-refractivity contribution in [3.8, 4) is 0 Å². The highest BCUT2D eigenvalue weighted by atomic mass is 35.5. The van der Waals surface area contributed by atoms with Crippen molar-refractivity contribution in [3.63, 3.8) is 0 Å². The molecule has 0 radical (unpaired) electrons. The predicted octanol–water partition coefficient (Wildman–Crippen LogP) is 2.66. The number of hydrogen-bond acceptors (Lipinski definition) is 4. The Morgan fingerprint density at radius 3 is 2.59 bits per heavy atom. The van der Waals surface area contributed by atoms with Crippen LogP contribution in [0.25, 0.3) is 0 Å². The molecule has 8 heteroatoms. The van der Waals surface area contributed by atoms with Crippen molar-refractivity contribution in [1.29, 1.82) is 0 Å². The molecule has 0 spiro atoms. The third-order valence-electron chi connectivity index (χ3n) is 3.46. The van der Waals surface area contributed by atoms with E-state index in [0.717, 1.165) is 0 Å². The van der Waals surface area contributed by atoms with Crippen LogP contribution < -0.4 is 10.9 Å². The van der Waals surface area contributed by atoms with Gasteiger partial charge in [-0.1, -0.05) is 17.7 Å². The summed E-state index contributed by atoms with van der Waals surface area (Å²) in [6.45, 7) is 0. The summed E-state index contributed by atoms with van der Waals surface area (Å²) in [5, 5.41) is 0.107. The SMILES string of the molecule is O=C(NNc1nccnc1Cl)[C@H]1C[C@@H]1c1c(F)cccc1F. The van der Waals surface area contributed by atoms with Gasteiger partial charge in [0.1, 0.15) is 11.6 Å². The molecular weight excluding hydrogens is 314 g/mol. The molecule has 0 aliphatic heterocycles. The first-order valence-corrected chi connectivity index (χ1v) is 6.92. The van der Waals surface area contributed by atoms with Crippen molar-refractivity contribution in [2.75, 3.05) is 5.43 Å². The van der Waals surface area contributed by atoms with E-state index in [1.165, 1.54) is 30.6 Å². The zero-order chi connectivity index (χ0) is 15.7. The molecular formula is C14H11ClF2N4O. The first kappa shape index (κ1) is 14.6. The van der Waals surface area contributed by atoms with Gasteiger partial charge in [-0.25, -0.2) is 18.7 Å². The lowest BCUT2D eigenvalue weighted by atomic mass is 10.1. The van der Waals surface area contributed by atoms with Gasteiger partial charge in [-0.05, 0) is 18.6 Å². The van der Waals surface area contributed by atoms with Gasteiger partial charge in [-0.2, -0.15) is 0 Å². The fraction of sp³-hybridized carbons (Fsp3) is 0.214. The topological polar surface area (TPSA) is 66.9 Å². The molecule has 1 aliphatic carbocycles. The maximum Gasteiger partial charge on any atom is 0.242 e. The minimum absolute atomic E-state index is 0.0415. The number of halogens is 3. The highest BCUT2D eigenvalue weighted by Gasteiger charge is 2.46. The summed E-state index contributed by atoms with van der Waals surface area (Å²) >= 11 is 5.78. The number of amides is 1. The van der Waals surface area contributed by atoms with Gasteiger partial charge < -0.3 is 0 Å². The number of rotatable bonds is 4. The number of nitrogens with zero attached hydrogens (tertiary/aromatic N) is 2. The summed E-state index contributed by atoms with van der Waals surface area (Å²) in [6, 6.07) is 3.66. The Labute approximate surface area is 129 Å². The molecule has 1 aromatic carbocycles. The van der Waals surface area contributed by atoms with Gasteiger partial charge >= 0.3 is 0 Å². The van der Waals surface area contributed by atoms with E-state index < -0.39 is 23.5 Å². The van der Waals surface area contributed by atoms with Crippen LogP contribution in [0, 0.1) is 17.6 Å². The Kier molecular flexibility index (Phi) is 3.89. The molecule has 0 unspecified atom stereocenters. The van der Waals surface area contributed by atoms with Crippen LogP contribution >= 0.6 is 11.6 Å². The van der Waals surface area contributed by atoms with E-state index in [1.807, 2.05) is 0 Å². The summed E-state index contributed by atoms with van der Waals surface area (Å²) in [4.78, 5) is 19.7. The van der Waals surface area contributed by atoms with Crippen LogP contribution in [0.2, 0.25) is 5.15 Å². The Morgan fingerprint density at radius 1 is 1.23 bits per heavy atom. The summed E-state index contributed by atoms with van der Waals surface area (Å²) < 4.78 is 27.3. The fourth-order valence-corrected chi connectivity index (χ4v) is 2.44. The Hall–Kier alpha value is -2.28. The van der Waals surface area contributed by atoms with Crippen molar-refractivity contribution >= 4 is 23.3 Å². The van der Waals surface area contributed by atoms with Crippen molar-refractivity contribution in [2.24, 2.45) is 5.92 Å². The van der Waals surface area contributed by atoms with E-state index in [9.17, 15) is 13.6 Å². The lowest BCUT2D eigenvalue weighted by Gasteiger charge is -2.08. The van der Waals surface area contributed by atoms with Gasteiger partial charge in [0.15, 0.2) is 11.0 Å². The lowest BCUT2D eigenvalue weighted by molar-refractivity contribution is -0.121. The number of hydrogen-bond donors (Lipinski definition) is 2. The first-order chi connectivity index (χ1) is 10.6. The zero-order valence-corrected chi connectivity index (χ0v) is 11.9. The van der Waals surface area contributed by atoms with Gasteiger partial charge in [0.05, 0.1) is 0 Å². The van der Waals surface area contributed by atoms with Gasteiger partial charge in [0.2, 0.25) is 5.91 Å². The van der Waals surface area contributed by atoms with E-state index in [2.05, 4.69) is 20.8 Å². The van der Waals surface area contributed by atoms with Crippen LogP contribution in [0.4, 0.5) is 14.6 Å². The maximum atomic E-state index is 13.7. The minimum Gasteiger partial charge on any atom is -0.279 e. The Bertz CT molecular complexity index is 707. The smallest absolute Gasteiger partial charge is 0.242 e. The second-order valence-corrected chi connectivity index (χ2v) is 5.25. The second kappa shape index (κ2) is 5.84. The quantitative estimate of drug-likeness (QED) is 0.849. The summed E-state index contributed by atoms with van der Waals surface area (Å²) in [5.74, 6) is -2.40. The van der Waals surface area contributed by atoms with E-state index in [1.54, 1.807) is 0 Å². The summed E-state index contributed by atoms with van der Waals surface area (Å²) in [7, 11) is 0. The van der Waals surface area contributed by atoms with Crippen molar-refractivity contribution < 1.29 is 13.6 Å². The third-order valence-corrected chi connectivity index (χ3v) is 3.73. The highest BCUT2D eigenvalue weighted by molar-refractivity contribution is 6.31. The zero-order valence-electron chi connectivity index (χ0n) is 11.2. The normalized spacial score (nSPS) is 19.6. The molecule has 22 heavy (non-hydrogen) atoms. The van der Waals surface area contributed by atoms with Gasteiger partial charge in [0, 0.05) is 29.8 Å². The third kappa shape index (κ3) is 2.85. The lowest BCUT2D eigenvalue weighted by Crippen LogP contribution is -2.31. The van der Waals surface area contributed by atoms with Crippen LogP contribution in [0.3, 0.4) is 0 Å². The number of nitrogens with one attached hydrogen (secondary N) is 2. The second-order valence-electron chi connectivity index (χ2n) is 4.89. The van der Waals surface area contributed by atoms with Crippen LogP contribution in [-0.4, -0.2) is 15.9 Å². The first-order valence-electron chi connectivity index (χ1n) is 6.54. The van der Waals surface area contributed by atoms with E-state index in [4.69, 9.17) is 11.6 Å². The molecule has 1 heterocycles. The van der Waals surface area contributed by atoms with Gasteiger partial charge in [0.25, 0.3) is 0 Å². The molecule has 0 bridgehead atoms. The van der Waals surface area contributed by atoms with E-state index in [-0.39, 0.29) is 22.4 Å². The van der Waals surface area contributed by atoms with Crippen LogP contribution in [0.1, 0.15) is 17.9 Å². The molecule has 114 valence electrons. The maximum absolute atomic E-state index is 13.7. The molecule has 3 rings (SSSR count). The monoisotopic (exact) mass is 324 g/mol. The van der Waals surface area contributed by atoms with Crippen LogP contribution in [0.15, 0.2) is 30.6 Å². The molecule has 1 fully saturated rings. The largest absolute Gasteiger partial charge is 0.279 e. The van der Waals surface area contributed by atoms with E-state index >= 15 is 0 Å². The number of aromatic nitrogens is 2. The number of hydrazine groups is 1. The Morgan fingerprint density at radius 2 is 1.91 bits per heavy atom. The highest BCUT2D eigenvalue weighted by Crippen LogP contribution is 2.49. The molecule has 1 saturated carbocycles. The molecule has 2 aromatic rings. The Balaban J connectivity index is 1.63. The van der Waals surface area contributed by atoms with Crippen molar-refractivity contribution in [2.45, 2.75) is 12.3 Å². The molecule has 1 amide bonds. The van der Waals surface area contributed by atoms with Crippen molar-refractivity contribution in [1.82, 2.24) is 15.4 Å². The minimum atomic E-state index is -0.634. The molecule has 1 aliphatic rings. The summed E-state index contributed by atoms with van der Waals surface area (Å²) in [6.07, 6.45) is 3.21. The number of carbonyl (C=O) groups excluding carboxylic acids is 1. The molecule has 2 N–H and O–H groups in total. The fourth-order valence-electron chi connectivity index (χ4n) is 2.29. The van der Waals surface area contributed by atoms with Crippen LogP contribution in [0.5, 0.6) is 0 Å². The average Bonchev–Trinajstić information content (AvgIpc) is 3.26. The number of anilines is 1. The number of carbonyl (C=O) groups is 1. The standard InChI is InChI=1S/C14H11ClF2N4O/c15-12-13(19-5-4-18-12)20-21-14(22)8-6-7(8)11-9(16)2-1-3-10(11)17/h1-5,7-8H,6H2,(H,19,20)(H,21,22)/t7-,8-/m0/s1. The average molecular weight is 325 g/mol. The summed E-state index contributed by atoms with van der Waals surface area (Å²) in [5.41, 5.74) is 4.92. The van der Waals surface area contributed by atoms with Crippen LogP contribution in [-0.2, 0) is 4.79 Å². The molecule has 5 nitrogen and oxygen atoms in total.